The van der Waals surface area contributed by atoms with Gasteiger partial charge in [-0.05, 0) is 24.0 Å². The number of nitrogens with zero attached hydrogens (tertiary/aromatic N) is 1. The van der Waals surface area contributed by atoms with E-state index in [0.717, 1.165) is 6.54 Å². The van der Waals surface area contributed by atoms with E-state index in [9.17, 15) is 0 Å². The van der Waals surface area contributed by atoms with Gasteiger partial charge in [0.25, 0.3) is 0 Å². The van der Waals surface area contributed by atoms with Crippen molar-refractivity contribution >= 4 is 5.69 Å². The molecule has 92 valence electrons. The molecule has 0 fully saturated rings. The van der Waals surface area contributed by atoms with Crippen molar-refractivity contribution in [3.05, 3.63) is 29.8 Å². The second-order valence-corrected chi connectivity index (χ2v) is 4.14. The Morgan fingerprint density at radius 3 is 2.19 bits per heavy atom. The Morgan fingerprint density at radius 2 is 1.69 bits per heavy atom. The molecule has 0 aliphatic carbocycles. The predicted octanol–water partition coefficient (Wildman–Crippen LogP) is 4.68. The lowest BCUT2D eigenvalue weighted by Crippen LogP contribution is -2.19. The first-order chi connectivity index (χ1) is 7.66. The lowest BCUT2D eigenvalue weighted by Gasteiger charge is -2.23. The number of rotatable bonds is 4. The highest BCUT2D eigenvalue weighted by Crippen LogP contribution is 2.26. The Bertz CT molecular complexity index is 279. The molecule has 0 aliphatic rings. The lowest BCUT2D eigenvalue weighted by molar-refractivity contribution is 0.816. The molecule has 0 bridgehead atoms. The van der Waals surface area contributed by atoms with Crippen LogP contribution in [0.4, 0.5) is 5.69 Å². The van der Waals surface area contributed by atoms with Gasteiger partial charge in [-0.25, -0.2) is 0 Å². The van der Waals surface area contributed by atoms with E-state index in [1.807, 2.05) is 13.8 Å². The molecule has 1 heteroatoms. The molecule has 1 aromatic carbocycles. The molecule has 0 saturated carbocycles. The number of hydrogen-bond acceptors (Lipinski definition) is 1. The van der Waals surface area contributed by atoms with Gasteiger partial charge >= 0.3 is 0 Å². The van der Waals surface area contributed by atoms with Crippen LogP contribution >= 0.6 is 0 Å². The maximum Gasteiger partial charge on any atom is 0.0398 e. The van der Waals surface area contributed by atoms with Crippen LogP contribution in [-0.2, 0) is 0 Å². The average molecular weight is 221 g/mol. The molecule has 0 amide bonds. The number of anilines is 1. The van der Waals surface area contributed by atoms with Gasteiger partial charge in [-0.3, -0.25) is 0 Å². The zero-order valence-corrected chi connectivity index (χ0v) is 11.7. The van der Waals surface area contributed by atoms with Gasteiger partial charge in [0.15, 0.2) is 0 Å². The molecule has 0 spiro atoms. The van der Waals surface area contributed by atoms with Crippen LogP contribution < -0.4 is 4.90 Å². The summed E-state index contributed by atoms with van der Waals surface area (Å²) in [5.74, 6) is 0.602. The molecule has 0 aromatic heterocycles. The van der Waals surface area contributed by atoms with Crippen molar-refractivity contribution < 1.29 is 0 Å². The van der Waals surface area contributed by atoms with Crippen molar-refractivity contribution in [2.45, 2.75) is 47.0 Å². The number of para-hydroxylation sites is 1. The second-order valence-electron chi connectivity index (χ2n) is 4.14. The highest BCUT2D eigenvalue weighted by atomic mass is 15.1. The summed E-state index contributed by atoms with van der Waals surface area (Å²) < 4.78 is 0. The number of hydrogen-bond donors (Lipinski definition) is 0. The van der Waals surface area contributed by atoms with Crippen molar-refractivity contribution in [2.24, 2.45) is 0 Å². The van der Waals surface area contributed by atoms with E-state index < -0.39 is 0 Å². The maximum atomic E-state index is 2.34. The highest BCUT2D eigenvalue weighted by Gasteiger charge is 2.08. The summed E-state index contributed by atoms with van der Waals surface area (Å²) in [6.45, 7) is 11.8. The molecule has 0 atom stereocenters. The zero-order chi connectivity index (χ0) is 12.6. The Morgan fingerprint density at radius 1 is 1.12 bits per heavy atom. The first kappa shape index (κ1) is 15.0. The molecule has 0 radical (unpaired) electrons. The van der Waals surface area contributed by atoms with Crippen LogP contribution in [0.5, 0.6) is 0 Å². The fraction of sp³-hybridized carbons (Fsp3) is 0.600. The van der Waals surface area contributed by atoms with E-state index in [1.54, 1.807) is 0 Å². The number of benzene rings is 1. The van der Waals surface area contributed by atoms with Crippen LogP contribution in [0.3, 0.4) is 0 Å². The molecule has 1 rings (SSSR count). The minimum atomic E-state index is 0.602. The zero-order valence-electron chi connectivity index (χ0n) is 11.7. The molecule has 16 heavy (non-hydrogen) atoms. The van der Waals surface area contributed by atoms with Crippen LogP contribution in [0.15, 0.2) is 24.3 Å². The summed E-state index contributed by atoms with van der Waals surface area (Å²) in [5.41, 5.74) is 2.83. The third-order valence-electron chi connectivity index (χ3n) is 2.53. The van der Waals surface area contributed by atoms with E-state index in [1.165, 1.54) is 17.7 Å². The maximum absolute atomic E-state index is 2.34. The first-order valence-electron chi connectivity index (χ1n) is 6.46. The third-order valence-corrected chi connectivity index (χ3v) is 2.53. The molecule has 0 aliphatic heterocycles. The van der Waals surface area contributed by atoms with Gasteiger partial charge < -0.3 is 4.90 Å². The van der Waals surface area contributed by atoms with Crippen LogP contribution in [0.25, 0.3) is 0 Å². The van der Waals surface area contributed by atoms with Gasteiger partial charge in [0.2, 0.25) is 0 Å². The quantitative estimate of drug-likeness (QED) is 0.713. The van der Waals surface area contributed by atoms with E-state index in [2.05, 4.69) is 57.0 Å². The van der Waals surface area contributed by atoms with Crippen LogP contribution in [-0.4, -0.2) is 13.6 Å². The summed E-state index contributed by atoms with van der Waals surface area (Å²) in [6, 6.07) is 8.68. The van der Waals surface area contributed by atoms with Crippen molar-refractivity contribution in [3.63, 3.8) is 0 Å². The largest absolute Gasteiger partial charge is 0.374 e. The second kappa shape index (κ2) is 8.20. The van der Waals surface area contributed by atoms with Crippen LogP contribution in [0, 0.1) is 0 Å². The summed E-state index contributed by atoms with van der Waals surface area (Å²) >= 11 is 0. The van der Waals surface area contributed by atoms with E-state index in [4.69, 9.17) is 0 Å². The molecule has 0 heterocycles. The van der Waals surface area contributed by atoms with Crippen molar-refractivity contribution in [2.75, 3.05) is 18.5 Å². The van der Waals surface area contributed by atoms with Crippen LogP contribution in [0.2, 0.25) is 0 Å². The summed E-state index contributed by atoms with van der Waals surface area (Å²) in [6.07, 6.45) is 1.20. The van der Waals surface area contributed by atoms with Crippen molar-refractivity contribution in [1.82, 2.24) is 0 Å². The normalized spacial score (nSPS) is 9.69. The predicted molar refractivity (Wildman–Crippen MR) is 75.4 cm³/mol. The molecule has 0 unspecified atom stereocenters. The van der Waals surface area contributed by atoms with Gasteiger partial charge in [-0.15, -0.1) is 0 Å². The van der Waals surface area contributed by atoms with E-state index in [-0.39, 0.29) is 0 Å². The fourth-order valence-corrected chi connectivity index (χ4v) is 1.78. The first-order valence-corrected chi connectivity index (χ1v) is 6.46. The monoisotopic (exact) mass is 221 g/mol. The lowest BCUT2D eigenvalue weighted by atomic mass is 10.0. The minimum absolute atomic E-state index is 0.602. The van der Waals surface area contributed by atoms with Crippen molar-refractivity contribution in [1.29, 1.82) is 0 Å². The molecule has 0 N–H and O–H groups in total. The van der Waals surface area contributed by atoms with Crippen LogP contribution in [0.1, 0.15) is 52.5 Å². The van der Waals surface area contributed by atoms with E-state index in [0.29, 0.717) is 5.92 Å². The molecule has 1 nitrogen and oxygen atoms in total. The molecular formula is C15H27N. The molecule has 0 saturated heterocycles. The van der Waals surface area contributed by atoms with Gasteiger partial charge in [-0.1, -0.05) is 52.8 Å². The van der Waals surface area contributed by atoms with Gasteiger partial charge in [0.05, 0.1) is 0 Å². The summed E-state index contributed by atoms with van der Waals surface area (Å²) in [5, 5.41) is 0. The topological polar surface area (TPSA) is 3.24 Å². The van der Waals surface area contributed by atoms with Gasteiger partial charge in [0, 0.05) is 19.3 Å². The summed E-state index contributed by atoms with van der Waals surface area (Å²) in [4.78, 5) is 2.34. The standard InChI is InChI=1S/C13H21N.C2H6/c1-5-10-14(4)13-9-7-6-8-12(13)11(2)3;1-2/h6-9,11H,5,10H2,1-4H3;1-2H3. The van der Waals surface area contributed by atoms with Crippen molar-refractivity contribution in [3.8, 4) is 0 Å². The molecular weight excluding hydrogens is 194 g/mol. The van der Waals surface area contributed by atoms with Gasteiger partial charge in [-0.2, -0.15) is 0 Å². The smallest absolute Gasteiger partial charge is 0.0398 e. The van der Waals surface area contributed by atoms with E-state index >= 15 is 0 Å². The fourth-order valence-electron chi connectivity index (χ4n) is 1.78. The Balaban J connectivity index is 0.00000106. The Kier molecular flexibility index (Phi) is 7.70. The summed E-state index contributed by atoms with van der Waals surface area (Å²) in [7, 11) is 2.17. The Labute approximate surface area is 101 Å². The molecule has 1 aromatic rings. The minimum Gasteiger partial charge on any atom is -0.374 e. The SMILES string of the molecule is CC.CCCN(C)c1ccccc1C(C)C. The van der Waals surface area contributed by atoms with Gasteiger partial charge in [0.1, 0.15) is 0 Å². The Hall–Kier alpha value is -0.980. The average Bonchev–Trinajstić information content (AvgIpc) is 2.32. The third kappa shape index (κ3) is 4.26. The highest BCUT2D eigenvalue weighted by molar-refractivity contribution is 5.54.